The van der Waals surface area contributed by atoms with Crippen molar-refractivity contribution in [3.8, 4) is 5.75 Å². The standard InChI is InChI=1S/C17H26N2O2.ClH/c1-3-13(2)15-6-4-5-7-16(15)21-12-17(20)19-10-8-14(18)9-11-19;/h4-7,13-14H,3,8-12,18H2,1-2H3;1H. The molecule has 1 aliphatic rings. The van der Waals surface area contributed by atoms with Gasteiger partial charge in [0.1, 0.15) is 5.75 Å². The molecule has 0 aliphatic carbocycles. The molecule has 0 spiro atoms. The van der Waals surface area contributed by atoms with Crippen LogP contribution in [0.1, 0.15) is 44.6 Å². The van der Waals surface area contributed by atoms with Gasteiger partial charge in [0.15, 0.2) is 6.61 Å². The molecule has 1 aromatic carbocycles. The van der Waals surface area contributed by atoms with Gasteiger partial charge in [0.25, 0.3) is 5.91 Å². The van der Waals surface area contributed by atoms with Gasteiger partial charge in [-0.1, -0.05) is 32.0 Å². The van der Waals surface area contributed by atoms with Crippen molar-refractivity contribution in [3.63, 3.8) is 0 Å². The highest BCUT2D eigenvalue weighted by molar-refractivity contribution is 5.85. The van der Waals surface area contributed by atoms with Crippen LogP contribution in [-0.2, 0) is 4.79 Å². The Morgan fingerprint density at radius 2 is 2.00 bits per heavy atom. The van der Waals surface area contributed by atoms with Gasteiger partial charge in [-0.05, 0) is 36.8 Å². The Hall–Kier alpha value is -1.26. The van der Waals surface area contributed by atoms with Gasteiger partial charge in [-0.15, -0.1) is 12.4 Å². The van der Waals surface area contributed by atoms with Crippen molar-refractivity contribution in [3.05, 3.63) is 29.8 Å². The second-order valence-electron chi connectivity index (χ2n) is 5.85. The highest BCUT2D eigenvalue weighted by atomic mass is 35.5. The van der Waals surface area contributed by atoms with Crippen LogP contribution in [-0.4, -0.2) is 36.5 Å². The second kappa shape index (κ2) is 9.01. The predicted molar refractivity (Wildman–Crippen MR) is 91.7 cm³/mol. The fraction of sp³-hybridized carbons (Fsp3) is 0.588. The molecule has 0 aromatic heterocycles. The van der Waals surface area contributed by atoms with Crippen molar-refractivity contribution >= 4 is 18.3 Å². The smallest absolute Gasteiger partial charge is 0.260 e. The molecule has 5 heteroatoms. The van der Waals surface area contributed by atoms with E-state index in [1.165, 1.54) is 5.56 Å². The quantitative estimate of drug-likeness (QED) is 0.905. The van der Waals surface area contributed by atoms with Crippen LogP contribution < -0.4 is 10.5 Å². The average Bonchev–Trinajstić information content (AvgIpc) is 2.52. The van der Waals surface area contributed by atoms with Gasteiger partial charge < -0.3 is 15.4 Å². The number of nitrogens with two attached hydrogens (primary N) is 1. The largest absolute Gasteiger partial charge is 0.483 e. The van der Waals surface area contributed by atoms with Gasteiger partial charge in [-0.25, -0.2) is 0 Å². The monoisotopic (exact) mass is 326 g/mol. The molecule has 1 atom stereocenters. The van der Waals surface area contributed by atoms with Crippen LogP contribution in [0, 0.1) is 0 Å². The maximum atomic E-state index is 12.2. The van der Waals surface area contributed by atoms with E-state index in [1.807, 2.05) is 23.1 Å². The molecular weight excluding hydrogens is 300 g/mol. The van der Waals surface area contributed by atoms with E-state index < -0.39 is 0 Å². The molecule has 1 saturated heterocycles. The molecule has 1 unspecified atom stereocenters. The minimum Gasteiger partial charge on any atom is -0.483 e. The summed E-state index contributed by atoms with van der Waals surface area (Å²) in [5.74, 6) is 1.32. The summed E-state index contributed by atoms with van der Waals surface area (Å²) in [5.41, 5.74) is 7.04. The summed E-state index contributed by atoms with van der Waals surface area (Å²) >= 11 is 0. The maximum absolute atomic E-state index is 12.2. The van der Waals surface area contributed by atoms with Crippen molar-refractivity contribution < 1.29 is 9.53 Å². The molecule has 0 bridgehead atoms. The molecule has 1 aromatic rings. The molecule has 2 N–H and O–H groups in total. The van der Waals surface area contributed by atoms with Gasteiger partial charge in [0.05, 0.1) is 0 Å². The Balaban J connectivity index is 0.00000242. The SMILES string of the molecule is CCC(C)c1ccccc1OCC(=O)N1CCC(N)CC1.Cl. The van der Waals surface area contributed by atoms with Crippen LogP contribution in [0.5, 0.6) is 5.75 Å². The first kappa shape index (κ1) is 18.8. The van der Waals surface area contributed by atoms with Crippen LogP contribution in [0.15, 0.2) is 24.3 Å². The van der Waals surface area contributed by atoms with Crippen LogP contribution >= 0.6 is 12.4 Å². The molecular formula is C17H27ClN2O2. The third kappa shape index (κ3) is 4.89. The molecule has 124 valence electrons. The normalized spacial score (nSPS) is 16.8. The Morgan fingerprint density at radius 3 is 2.64 bits per heavy atom. The van der Waals surface area contributed by atoms with Crippen molar-refractivity contribution in [2.45, 2.75) is 45.1 Å². The predicted octanol–water partition coefficient (Wildman–Crippen LogP) is 2.95. The first-order chi connectivity index (χ1) is 10.1. The molecule has 1 amide bonds. The van der Waals surface area contributed by atoms with E-state index in [0.29, 0.717) is 5.92 Å². The number of piperidine rings is 1. The number of rotatable bonds is 5. The summed E-state index contributed by atoms with van der Waals surface area (Å²) in [4.78, 5) is 14.0. The van der Waals surface area contributed by atoms with Gasteiger partial charge >= 0.3 is 0 Å². The second-order valence-corrected chi connectivity index (χ2v) is 5.85. The van der Waals surface area contributed by atoms with Crippen molar-refractivity contribution in [2.75, 3.05) is 19.7 Å². The van der Waals surface area contributed by atoms with Crippen LogP contribution in [0.25, 0.3) is 0 Å². The maximum Gasteiger partial charge on any atom is 0.260 e. The molecule has 0 radical (unpaired) electrons. The van der Waals surface area contributed by atoms with E-state index in [-0.39, 0.29) is 31.0 Å². The zero-order chi connectivity index (χ0) is 15.2. The zero-order valence-corrected chi connectivity index (χ0v) is 14.3. The third-order valence-electron chi connectivity index (χ3n) is 4.31. The first-order valence-electron chi connectivity index (χ1n) is 7.87. The summed E-state index contributed by atoms with van der Waals surface area (Å²) in [6, 6.07) is 8.23. The number of ether oxygens (including phenoxy) is 1. The van der Waals surface area contributed by atoms with E-state index >= 15 is 0 Å². The Morgan fingerprint density at radius 1 is 1.36 bits per heavy atom. The lowest BCUT2D eigenvalue weighted by Gasteiger charge is -2.30. The van der Waals surface area contributed by atoms with Gasteiger partial charge in [0.2, 0.25) is 0 Å². The summed E-state index contributed by atoms with van der Waals surface area (Å²) in [6.07, 6.45) is 2.82. The van der Waals surface area contributed by atoms with E-state index in [4.69, 9.17) is 10.5 Å². The number of carbonyl (C=O) groups excluding carboxylic acids is 1. The van der Waals surface area contributed by atoms with Gasteiger partial charge in [-0.2, -0.15) is 0 Å². The van der Waals surface area contributed by atoms with Crippen LogP contribution in [0.3, 0.4) is 0 Å². The summed E-state index contributed by atoms with van der Waals surface area (Å²) in [5, 5.41) is 0. The number of para-hydroxylation sites is 1. The van der Waals surface area contributed by atoms with Gasteiger partial charge in [-0.3, -0.25) is 4.79 Å². The lowest BCUT2D eigenvalue weighted by Crippen LogP contribution is -2.44. The number of nitrogens with zero attached hydrogens (tertiary/aromatic N) is 1. The number of likely N-dealkylation sites (tertiary alicyclic amines) is 1. The van der Waals surface area contributed by atoms with E-state index in [1.54, 1.807) is 0 Å². The lowest BCUT2D eigenvalue weighted by atomic mass is 9.98. The summed E-state index contributed by atoms with van der Waals surface area (Å²) < 4.78 is 5.78. The van der Waals surface area contributed by atoms with Gasteiger partial charge in [0, 0.05) is 19.1 Å². The number of hydrogen-bond donors (Lipinski definition) is 1. The number of carbonyl (C=O) groups is 1. The topological polar surface area (TPSA) is 55.6 Å². The van der Waals surface area contributed by atoms with Crippen LogP contribution in [0.2, 0.25) is 0 Å². The molecule has 22 heavy (non-hydrogen) atoms. The molecule has 0 saturated carbocycles. The average molecular weight is 327 g/mol. The fourth-order valence-corrected chi connectivity index (χ4v) is 2.62. The molecule has 2 rings (SSSR count). The minimum atomic E-state index is 0. The van der Waals surface area contributed by atoms with E-state index in [2.05, 4.69) is 19.9 Å². The Bertz CT molecular complexity index is 473. The number of amides is 1. The highest BCUT2D eigenvalue weighted by Gasteiger charge is 2.21. The van der Waals surface area contributed by atoms with E-state index in [9.17, 15) is 4.79 Å². The van der Waals surface area contributed by atoms with Crippen molar-refractivity contribution in [1.82, 2.24) is 4.90 Å². The van der Waals surface area contributed by atoms with Crippen molar-refractivity contribution in [1.29, 1.82) is 0 Å². The Kier molecular flexibility index (Phi) is 7.69. The number of hydrogen-bond acceptors (Lipinski definition) is 3. The third-order valence-corrected chi connectivity index (χ3v) is 4.31. The summed E-state index contributed by atoms with van der Waals surface area (Å²) in [6.45, 7) is 5.94. The Labute approximate surface area is 139 Å². The van der Waals surface area contributed by atoms with Crippen LogP contribution in [0.4, 0.5) is 0 Å². The number of benzene rings is 1. The number of halogens is 1. The minimum absolute atomic E-state index is 0. The zero-order valence-electron chi connectivity index (χ0n) is 13.5. The van der Waals surface area contributed by atoms with Crippen molar-refractivity contribution in [2.24, 2.45) is 5.73 Å². The first-order valence-corrected chi connectivity index (χ1v) is 7.87. The molecule has 1 heterocycles. The van der Waals surface area contributed by atoms with E-state index in [0.717, 1.165) is 38.1 Å². The molecule has 1 aliphatic heterocycles. The lowest BCUT2D eigenvalue weighted by molar-refractivity contribution is -0.134. The molecule has 4 nitrogen and oxygen atoms in total. The summed E-state index contributed by atoms with van der Waals surface area (Å²) in [7, 11) is 0. The molecule has 1 fully saturated rings. The fourth-order valence-electron chi connectivity index (χ4n) is 2.62. The highest BCUT2D eigenvalue weighted by Crippen LogP contribution is 2.28.